The molecule has 5 nitrogen and oxygen atoms in total. The Labute approximate surface area is 217 Å². The molecule has 4 aromatic rings. The fourth-order valence-electron chi connectivity index (χ4n) is 4.55. The van der Waals surface area contributed by atoms with E-state index in [1.165, 1.54) is 22.3 Å². The Morgan fingerprint density at radius 2 is 1.67 bits per heavy atom. The number of thiocarbonyl (C=S) groups is 1. The molecule has 0 saturated heterocycles. The molecule has 36 heavy (non-hydrogen) atoms. The second-order valence-electron chi connectivity index (χ2n) is 9.59. The normalized spacial score (nSPS) is 15.9. The molecule has 3 aromatic carbocycles. The number of aromatic nitrogens is 2. The molecule has 1 aromatic heterocycles. The van der Waals surface area contributed by atoms with Crippen LogP contribution in [0.1, 0.15) is 52.2 Å². The summed E-state index contributed by atoms with van der Waals surface area (Å²) < 4.78 is 5.90. The second kappa shape index (κ2) is 9.70. The number of hydrogen-bond donors (Lipinski definition) is 1. The fourth-order valence-corrected chi connectivity index (χ4v) is 4.87. The third-order valence-corrected chi connectivity index (χ3v) is 7.19. The number of allylic oxidation sites excluding steroid dienone is 1. The van der Waals surface area contributed by atoms with Gasteiger partial charge in [0, 0.05) is 17.8 Å². The van der Waals surface area contributed by atoms with E-state index in [-0.39, 0.29) is 6.04 Å². The van der Waals surface area contributed by atoms with Gasteiger partial charge in [0.15, 0.2) is 5.11 Å². The zero-order chi connectivity index (χ0) is 25.4. The van der Waals surface area contributed by atoms with Gasteiger partial charge < -0.3 is 14.7 Å². The van der Waals surface area contributed by atoms with Crippen molar-refractivity contribution in [2.24, 2.45) is 0 Å². The lowest BCUT2D eigenvalue weighted by molar-refractivity contribution is 0.396. The van der Waals surface area contributed by atoms with Gasteiger partial charge in [0.05, 0.1) is 11.6 Å². The molecule has 5 rings (SSSR count). The van der Waals surface area contributed by atoms with E-state index >= 15 is 0 Å². The summed E-state index contributed by atoms with van der Waals surface area (Å²) >= 11 is 5.88. The van der Waals surface area contributed by atoms with Gasteiger partial charge in [-0.05, 0) is 75.2 Å². The lowest BCUT2D eigenvalue weighted by Crippen LogP contribution is -2.45. The first-order valence-corrected chi connectivity index (χ1v) is 12.5. The molecule has 1 aliphatic rings. The Balaban J connectivity index is 1.61. The summed E-state index contributed by atoms with van der Waals surface area (Å²) in [6, 6.07) is 23.0. The molecule has 6 heteroatoms. The lowest BCUT2D eigenvalue weighted by atomic mass is 9.92. The Morgan fingerprint density at radius 1 is 0.889 bits per heavy atom. The van der Waals surface area contributed by atoms with Crippen LogP contribution in [0.5, 0.6) is 0 Å². The summed E-state index contributed by atoms with van der Waals surface area (Å²) in [5.74, 6) is 1.07. The van der Waals surface area contributed by atoms with Gasteiger partial charge in [0.25, 0.3) is 5.89 Å². The number of hydrogen-bond acceptors (Lipinski definition) is 4. The lowest BCUT2D eigenvalue weighted by Gasteiger charge is -2.37. The number of benzene rings is 3. The molecule has 0 aliphatic carbocycles. The maximum atomic E-state index is 5.90. The summed E-state index contributed by atoms with van der Waals surface area (Å²) in [7, 11) is 0. The molecular weight excluding hydrogens is 464 g/mol. The smallest absolute Gasteiger partial charge is 0.258 e. The van der Waals surface area contributed by atoms with Crippen LogP contribution >= 0.6 is 12.2 Å². The molecule has 0 amide bonds. The van der Waals surface area contributed by atoms with E-state index in [2.05, 4.69) is 105 Å². The van der Waals surface area contributed by atoms with Crippen LogP contribution < -0.4 is 5.32 Å². The first-order valence-electron chi connectivity index (χ1n) is 12.1. The predicted octanol–water partition coefficient (Wildman–Crippen LogP) is 6.83. The van der Waals surface area contributed by atoms with Crippen LogP contribution in [-0.4, -0.2) is 20.2 Å². The quantitative estimate of drug-likeness (QED) is 0.307. The highest BCUT2D eigenvalue weighted by atomic mass is 32.1. The van der Waals surface area contributed by atoms with Gasteiger partial charge in [0.1, 0.15) is 0 Å². The first kappa shape index (κ1) is 23.9. The molecule has 0 fully saturated rings. The zero-order valence-corrected chi connectivity index (χ0v) is 22.1. The van der Waals surface area contributed by atoms with Crippen molar-refractivity contribution in [1.29, 1.82) is 0 Å². The molecule has 1 N–H and O–H groups in total. The van der Waals surface area contributed by atoms with Gasteiger partial charge in [-0.25, -0.2) is 0 Å². The SMILES string of the molecule is CC1=C(c2nc(-c3cccc(C)c3)no2)C(c2ccc(C)c(C)c2)NC(=S)N1Cc1ccc(C)cc1. The minimum absolute atomic E-state index is 0.197. The van der Waals surface area contributed by atoms with E-state index in [1.807, 2.05) is 12.1 Å². The van der Waals surface area contributed by atoms with Crippen molar-refractivity contribution in [2.75, 3.05) is 0 Å². The molecular formula is C30H30N4OS. The Kier molecular flexibility index (Phi) is 6.46. The van der Waals surface area contributed by atoms with Crippen molar-refractivity contribution < 1.29 is 4.52 Å². The highest BCUT2D eigenvalue weighted by molar-refractivity contribution is 7.80. The average Bonchev–Trinajstić information content (AvgIpc) is 3.34. The van der Waals surface area contributed by atoms with Crippen molar-refractivity contribution in [3.8, 4) is 11.4 Å². The Hall–Kier alpha value is -3.77. The minimum atomic E-state index is -0.197. The molecule has 0 spiro atoms. The van der Waals surface area contributed by atoms with Crippen molar-refractivity contribution in [1.82, 2.24) is 20.4 Å². The molecule has 1 aliphatic heterocycles. The number of aryl methyl sites for hydroxylation is 4. The highest BCUT2D eigenvalue weighted by Gasteiger charge is 2.34. The number of rotatable bonds is 5. The monoisotopic (exact) mass is 494 g/mol. The van der Waals surface area contributed by atoms with Gasteiger partial charge >= 0.3 is 0 Å². The Bertz CT molecular complexity index is 1470. The van der Waals surface area contributed by atoms with Crippen LogP contribution in [-0.2, 0) is 6.54 Å². The van der Waals surface area contributed by atoms with Gasteiger partial charge in [-0.15, -0.1) is 0 Å². The molecule has 0 radical (unpaired) electrons. The van der Waals surface area contributed by atoms with E-state index in [0.29, 0.717) is 23.4 Å². The molecule has 1 unspecified atom stereocenters. The molecule has 2 heterocycles. The second-order valence-corrected chi connectivity index (χ2v) is 9.98. The third-order valence-electron chi connectivity index (χ3n) is 6.85. The van der Waals surface area contributed by atoms with Crippen LogP contribution in [0.3, 0.4) is 0 Å². The zero-order valence-electron chi connectivity index (χ0n) is 21.3. The summed E-state index contributed by atoms with van der Waals surface area (Å²) in [4.78, 5) is 6.96. The third kappa shape index (κ3) is 4.69. The summed E-state index contributed by atoms with van der Waals surface area (Å²) in [5.41, 5.74) is 10.0. The first-order chi connectivity index (χ1) is 17.3. The largest absolute Gasteiger partial charge is 0.351 e. The van der Waals surface area contributed by atoms with Crippen LogP contribution in [0.2, 0.25) is 0 Å². The molecule has 0 saturated carbocycles. The van der Waals surface area contributed by atoms with E-state index in [1.54, 1.807) is 0 Å². The van der Waals surface area contributed by atoms with Crippen LogP contribution in [0, 0.1) is 27.7 Å². The van der Waals surface area contributed by atoms with Crippen molar-refractivity contribution in [3.63, 3.8) is 0 Å². The van der Waals surface area contributed by atoms with Crippen molar-refractivity contribution in [2.45, 2.75) is 47.2 Å². The maximum Gasteiger partial charge on any atom is 0.258 e. The topological polar surface area (TPSA) is 54.2 Å². The van der Waals surface area contributed by atoms with E-state index < -0.39 is 0 Å². The van der Waals surface area contributed by atoms with Crippen LogP contribution in [0.25, 0.3) is 17.0 Å². The predicted molar refractivity (Wildman–Crippen MR) is 148 cm³/mol. The van der Waals surface area contributed by atoms with Crippen LogP contribution in [0.4, 0.5) is 0 Å². The van der Waals surface area contributed by atoms with Crippen LogP contribution in [0.15, 0.2) is 77.0 Å². The summed E-state index contributed by atoms with van der Waals surface area (Å²) in [5, 5.41) is 8.58. The number of nitrogens with zero attached hydrogens (tertiary/aromatic N) is 3. The minimum Gasteiger partial charge on any atom is -0.351 e. The van der Waals surface area contributed by atoms with Crippen molar-refractivity contribution >= 4 is 22.9 Å². The highest BCUT2D eigenvalue weighted by Crippen LogP contribution is 2.38. The van der Waals surface area contributed by atoms with E-state index in [0.717, 1.165) is 28.0 Å². The van der Waals surface area contributed by atoms with Gasteiger partial charge in [-0.3, -0.25) is 0 Å². The maximum absolute atomic E-state index is 5.90. The Morgan fingerprint density at radius 3 is 2.39 bits per heavy atom. The summed E-state index contributed by atoms with van der Waals surface area (Å²) in [6.45, 7) is 11.1. The van der Waals surface area contributed by atoms with Crippen molar-refractivity contribution in [3.05, 3.63) is 112 Å². The standard InChI is InChI=1S/C30H30N4OS/c1-18-9-12-23(13-10-18)17-34-22(5)26(27(31-30(34)36)24-14-11-20(3)21(4)16-24)29-32-28(33-35-29)25-8-6-7-19(2)15-25/h6-16,27H,17H2,1-5H3,(H,31,36). The van der Waals surface area contributed by atoms with Gasteiger partial charge in [-0.1, -0.05) is 76.9 Å². The average molecular weight is 495 g/mol. The van der Waals surface area contributed by atoms with Gasteiger partial charge in [0.2, 0.25) is 5.82 Å². The fraction of sp³-hybridized carbons (Fsp3) is 0.233. The van der Waals surface area contributed by atoms with E-state index in [4.69, 9.17) is 21.7 Å². The molecule has 0 bridgehead atoms. The molecule has 1 atom stereocenters. The number of nitrogens with one attached hydrogen (secondary N) is 1. The summed E-state index contributed by atoms with van der Waals surface area (Å²) in [6.07, 6.45) is 0. The molecule has 182 valence electrons. The van der Waals surface area contributed by atoms with E-state index in [9.17, 15) is 0 Å². The van der Waals surface area contributed by atoms with Gasteiger partial charge in [-0.2, -0.15) is 4.98 Å².